The molecule has 0 aliphatic carbocycles. The monoisotopic (exact) mass is 413 g/mol. The first-order chi connectivity index (χ1) is 14.3. The first-order valence-corrected chi connectivity index (χ1v) is 9.52. The van der Waals surface area contributed by atoms with Gasteiger partial charge in [-0.25, -0.2) is 5.48 Å². The van der Waals surface area contributed by atoms with Crippen LogP contribution in [0.2, 0.25) is 0 Å². The Morgan fingerprint density at radius 3 is 2.03 bits per heavy atom. The van der Waals surface area contributed by atoms with E-state index in [1.54, 1.807) is 24.3 Å². The first-order valence-electron chi connectivity index (χ1n) is 9.52. The molecule has 0 unspecified atom stereocenters. The molecule has 0 spiro atoms. The summed E-state index contributed by atoms with van der Waals surface area (Å²) in [6.07, 6.45) is 0. The van der Waals surface area contributed by atoms with Crippen LogP contribution in [0.5, 0.6) is 0 Å². The third kappa shape index (κ3) is 6.66. The normalized spacial score (nSPS) is 11.6. The predicted octanol–water partition coefficient (Wildman–Crippen LogP) is 0.853. The molecule has 0 saturated heterocycles. The summed E-state index contributed by atoms with van der Waals surface area (Å²) in [5.74, 6) is -1.37. The van der Waals surface area contributed by atoms with E-state index in [4.69, 9.17) is 10.9 Å². The molecule has 30 heavy (non-hydrogen) atoms. The zero-order valence-corrected chi connectivity index (χ0v) is 16.9. The van der Waals surface area contributed by atoms with Crippen LogP contribution in [0.15, 0.2) is 48.5 Å². The highest BCUT2D eigenvalue weighted by atomic mass is 16.5. The molecule has 2 aromatic rings. The van der Waals surface area contributed by atoms with Crippen LogP contribution < -0.4 is 27.2 Å². The number of rotatable bonds is 9. The van der Waals surface area contributed by atoms with Crippen molar-refractivity contribution in [2.45, 2.75) is 25.9 Å². The smallest absolute Gasteiger partial charge is 0.267 e. The van der Waals surface area contributed by atoms with E-state index in [2.05, 4.69) is 16.0 Å². The summed E-state index contributed by atoms with van der Waals surface area (Å²) in [6, 6.07) is 13.4. The Hall–Kier alpha value is -3.27. The number of anilines is 1. The molecule has 7 N–H and O–H groups in total. The lowest BCUT2D eigenvalue weighted by molar-refractivity contribution is -0.130. The van der Waals surface area contributed by atoms with E-state index in [1.165, 1.54) is 5.48 Å². The number of benzene rings is 2. The van der Waals surface area contributed by atoms with Crippen molar-refractivity contribution < 1.29 is 19.6 Å². The van der Waals surface area contributed by atoms with Crippen molar-refractivity contribution in [3.8, 4) is 11.1 Å². The third-order valence-electron chi connectivity index (χ3n) is 4.29. The molecule has 3 amide bonds. The lowest BCUT2D eigenvalue weighted by Gasteiger charge is -2.14. The van der Waals surface area contributed by atoms with Crippen LogP contribution >= 0.6 is 0 Å². The van der Waals surface area contributed by atoms with Gasteiger partial charge in [-0.1, -0.05) is 38.1 Å². The molecule has 0 aliphatic rings. The second-order valence-electron chi connectivity index (χ2n) is 6.98. The Morgan fingerprint density at radius 1 is 0.967 bits per heavy atom. The van der Waals surface area contributed by atoms with Crippen molar-refractivity contribution >= 4 is 23.4 Å². The third-order valence-corrected chi connectivity index (χ3v) is 4.29. The molecular weight excluding hydrogens is 386 g/mol. The average molecular weight is 413 g/mol. The minimum absolute atomic E-state index is 0.113. The first kappa shape index (κ1) is 23.0. The van der Waals surface area contributed by atoms with Crippen LogP contribution in [-0.2, 0) is 9.59 Å². The molecule has 160 valence electrons. The van der Waals surface area contributed by atoms with Gasteiger partial charge in [0.2, 0.25) is 5.91 Å². The van der Waals surface area contributed by atoms with Gasteiger partial charge in [-0.15, -0.1) is 0 Å². The molecule has 0 fully saturated rings. The number of amides is 3. The standard InChI is InChI=1S/C21H27N5O4/c1-13(2)23-12-19(27)24-17-9-7-15(8-10-17)14-3-5-16(6-4-14)20(28)25-18(11-22)21(29)26-30/h3-10,13,18,23,30H,11-12,22H2,1-2H3,(H,24,27)(H,25,28)(H,26,29)/t18-/m0/s1. The van der Waals surface area contributed by atoms with Crippen molar-refractivity contribution in [2.24, 2.45) is 5.73 Å². The summed E-state index contributed by atoms with van der Waals surface area (Å²) in [6.45, 7) is 4.04. The summed E-state index contributed by atoms with van der Waals surface area (Å²) < 4.78 is 0. The van der Waals surface area contributed by atoms with Crippen molar-refractivity contribution in [2.75, 3.05) is 18.4 Å². The maximum absolute atomic E-state index is 12.3. The summed E-state index contributed by atoms with van der Waals surface area (Å²) in [5, 5.41) is 17.0. The quantitative estimate of drug-likeness (QED) is 0.265. The Balaban J connectivity index is 1.99. The maximum atomic E-state index is 12.3. The summed E-state index contributed by atoms with van der Waals surface area (Å²) in [7, 11) is 0. The van der Waals surface area contributed by atoms with Crippen LogP contribution in [0.25, 0.3) is 11.1 Å². The van der Waals surface area contributed by atoms with Gasteiger partial charge in [0.15, 0.2) is 0 Å². The molecule has 0 radical (unpaired) electrons. The van der Waals surface area contributed by atoms with Gasteiger partial charge in [-0.3, -0.25) is 19.6 Å². The number of hydroxylamine groups is 1. The Kier molecular flexibility index (Phi) is 8.48. The lowest BCUT2D eigenvalue weighted by Crippen LogP contribution is -2.50. The van der Waals surface area contributed by atoms with Crippen molar-refractivity contribution in [3.05, 3.63) is 54.1 Å². The molecule has 0 saturated carbocycles. The number of carbonyl (C=O) groups is 3. The van der Waals surface area contributed by atoms with Crippen molar-refractivity contribution in [1.82, 2.24) is 16.1 Å². The largest absolute Gasteiger partial charge is 0.339 e. The highest BCUT2D eigenvalue weighted by molar-refractivity contribution is 5.98. The summed E-state index contributed by atoms with van der Waals surface area (Å²) in [5.41, 5.74) is 9.75. The molecule has 1 atom stereocenters. The van der Waals surface area contributed by atoms with E-state index in [-0.39, 0.29) is 25.0 Å². The second-order valence-corrected chi connectivity index (χ2v) is 6.98. The van der Waals surface area contributed by atoms with Gasteiger partial charge in [0.05, 0.1) is 6.54 Å². The second kappa shape index (κ2) is 11.1. The average Bonchev–Trinajstić information content (AvgIpc) is 2.76. The van der Waals surface area contributed by atoms with E-state index >= 15 is 0 Å². The Morgan fingerprint density at radius 2 is 1.53 bits per heavy atom. The number of nitrogens with two attached hydrogens (primary N) is 1. The molecule has 9 nitrogen and oxygen atoms in total. The molecule has 0 bridgehead atoms. The van der Waals surface area contributed by atoms with Crippen LogP contribution in [0.1, 0.15) is 24.2 Å². The van der Waals surface area contributed by atoms with Gasteiger partial charge in [-0.2, -0.15) is 0 Å². The zero-order chi connectivity index (χ0) is 22.1. The molecule has 0 heterocycles. The fourth-order valence-corrected chi connectivity index (χ4v) is 2.61. The van der Waals surface area contributed by atoms with Gasteiger partial charge < -0.3 is 21.7 Å². The van der Waals surface area contributed by atoms with Crippen LogP contribution in [0, 0.1) is 0 Å². The van der Waals surface area contributed by atoms with Crippen LogP contribution in [-0.4, -0.2) is 48.1 Å². The van der Waals surface area contributed by atoms with Crippen LogP contribution in [0.3, 0.4) is 0 Å². The topological polar surface area (TPSA) is 146 Å². The molecule has 0 aromatic heterocycles. The predicted molar refractivity (Wildman–Crippen MR) is 114 cm³/mol. The van der Waals surface area contributed by atoms with Gasteiger partial charge in [-0.05, 0) is 35.4 Å². The minimum Gasteiger partial charge on any atom is -0.339 e. The molecule has 0 aliphatic heterocycles. The number of nitrogens with one attached hydrogen (secondary N) is 4. The molecular formula is C21H27N5O4. The number of hydrogen-bond donors (Lipinski definition) is 6. The fourth-order valence-electron chi connectivity index (χ4n) is 2.61. The van der Waals surface area contributed by atoms with Crippen LogP contribution in [0.4, 0.5) is 5.69 Å². The Labute approximate surface area is 175 Å². The zero-order valence-electron chi connectivity index (χ0n) is 16.9. The van der Waals surface area contributed by atoms with E-state index in [0.29, 0.717) is 11.3 Å². The lowest BCUT2D eigenvalue weighted by atomic mass is 10.0. The minimum atomic E-state index is -1.03. The Bertz CT molecular complexity index is 866. The van der Waals surface area contributed by atoms with E-state index in [1.807, 2.05) is 38.1 Å². The van der Waals surface area contributed by atoms with Gasteiger partial charge in [0, 0.05) is 23.8 Å². The van der Waals surface area contributed by atoms with E-state index in [9.17, 15) is 14.4 Å². The maximum Gasteiger partial charge on any atom is 0.267 e. The number of carbonyl (C=O) groups excluding carboxylic acids is 3. The highest BCUT2D eigenvalue weighted by Crippen LogP contribution is 2.22. The SMILES string of the molecule is CC(C)NCC(=O)Nc1ccc(-c2ccc(C(=O)N[C@@H](CN)C(=O)NO)cc2)cc1. The summed E-state index contributed by atoms with van der Waals surface area (Å²) in [4.78, 5) is 35.5. The van der Waals surface area contributed by atoms with Crippen molar-refractivity contribution in [3.63, 3.8) is 0 Å². The van der Waals surface area contributed by atoms with E-state index < -0.39 is 17.9 Å². The van der Waals surface area contributed by atoms with Gasteiger partial charge in [0.1, 0.15) is 6.04 Å². The molecule has 2 aromatic carbocycles. The van der Waals surface area contributed by atoms with Gasteiger partial charge in [0.25, 0.3) is 11.8 Å². The van der Waals surface area contributed by atoms with Gasteiger partial charge >= 0.3 is 0 Å². The molecule has 9 heteroatoms. The van der Waals surface area contributed by atoms with E-state index in [0.717, 1.165) is 11.1 Å². The van der Waals surface area contributed by atoms with Crippen molar-refractivity contribution in [1.29, 1.82) is 0 Å². The fraction of sp³-hybridized carbons (Fsp3) is 0.286. The number of hydrogen-bond acceptors (Lipinski definition) is 6. The molecule has 2 rings (SSSR count). The summed E-state index contributed by atoms with van der Waals surface area (Å²) >= 11 is 0. The highest BCUT2D eigenvalue weighted by Gasteiger charge is 2.19.